The SMILES string of the molecule is CC1=C(COc2c(C(=O)NC(C)(C)C(O)O)ccc3c2=C=C=CC=3)N=CCC1(C)OCC(F)(F)F. The number of benzene rings is 1. The van der Waals surface area contributed by atoms with E-state index in [4.69, 9.17) is 9.47 Å². The first kappa shape index (κ1) is 26.5. The maximum absolute atomic E-state index is 13.0. The molecule has 2 aliphatic rings. The lowest BCUT2D eigenvalue weighted by atomic mass is 9.90. The molecule has 1 heterocycles. The molecule has 1 aromatic carbocycles. The first-order valence-electron chi connectivity index (χ1n) is 10.8. The van der Waals surface area contributed by atoms with Crippen LogP contribution in [0.2, 0.25) is 0 Å². The number of amides is 1. The molecule has 0 spiro atoms. The van der Waals surface area contributed by atoms with E-state index in [9.17, 15) is 28.2 Å². The Morgan fingerprint density at radius 3 is 2.69 bits per heavy atom. The summed E-state index contributed by atoms with van der Waals surface area (Å²) >= 11 is 0. The summed E-state index contributed by atoms with van der Waals surface area (Å²) in [5.74, 6) is -0.465. The highest BCUT2D eigenvalue weighted by molar-refractivity contribution is 5.97. The van der Waals surface area contributed by atoms with Crippen molar-refractivity contribution in [3.05, 3.63) is 51.2 Å². The van der Waals surface area contributed by atoms with E-state index < -0.39 is 36.1 Å². The van der Waals surface area contributed by atoms with E-state index in [0.717, 1.165) is 0 Å². The molecule has 0 aromatic heterocycles. The number of carbonyl (C=O) groups excluding carboxylic acids is 1. The predicted octanol–water partition coefficient (Wildman–Crippen LogP) is 1.86. The molecule has 10 heteroatoms. The molecule has 1 aromatic rings. The Labute approximate surface area is 200 Å². The zero-order chi connectivity index (χ0) is 26.0. The smallest absolute Gasteiger partial charge is 0.411 e. The minimum Gasteiger partial charge on any atom is -0.485 e. The first-order valence-corrected chi connectivity index (χ1v) is 10.8. The van der Waals surface area contributed by atoms with Crippen molar-refractivity contribution in [2.24, 2.45) is 4.99 Å². The second-order valence-corrected chi connectivity index (χ2v) is 9.07. The van der Waals surface area contributed by atoms with Gasteiger partial charge in [-0.25, -0.2) is 0 Å². The molecule has 3 N–H and O–H groups in total. The molecule has 0 bridgehead atoms. The highest BCUT2D eigenvalue weighted by atomic mass is 19.4. The van der Waals surface area contributed by atoms with Crippen molar-refractivity contribution >= 4 is 23.9 Å². The van der Waals surface area contributed by atoms with Crippen molar-refractivity contribution < 1.29 is 37.7 Å². The summed E-state index contributed by atoms with van der Waals surface area (Å²) in [6.45, 7) is 4.54. The average molecular weight is 492 g/mol. The van der Waals surface area contributed by atoms with Gasteiger partial charge in [0, 0.05) is 12.6 Å². The number of aliphatic imine (C=N–C) groups is 1. The van der Waals surface area contributed by atoms with E-state index in [1.807, 2.05) is 0 Å². The number of hydrogen-bond donors (Lipinski definition) is 3. The minimum atomic E-state index is -4.47. The Bertz CT molecular complexity index is 1270. The fourth-order valence-electron chi connectivity index (χ4n) is 3.44. The highest BCUT2D eigenvalue weighted by Gasteiger charge is 2.37. The fourth-order valence-corrected chi connectivity index (χ4v) is 3.44. The number of ether oxygens (including phenoxy) is 2. The molecule has 1 aliphatic heterocycles. The molecular formula is C25H27F3N2O5. The van der Waals surface area contributed by atoms with Crippen LogP contribution in [0.15, 0.2) is 40.2 Å². The topological polar surface area (TPSA) is 100 Å². The van der Waals surface area contributed by atoms with E-state index in [1.165, 1.54) is 26.1 Å². The number of hydrogen-bond acceptors (Lipinski definition) is 6. The van der Waals surface area contributed by atoms with Gasteiger partial charge >= 0.3 is 6.18 Å². The van der Waals surface area contributed by atoms with Crippen molar-refractivity contribution in [3.8, 4) is 5.75 Å². The van der Waals surface area contributed by atoms with Crippen LogP contribution in [-0.2, 0) is 4.74 Å². The number of allylic oxidation sites excluding steroid dienone is 1. The number of aliphatic hydroxyl groups excluding tert-OH is 1. The van der Waals surface area contributed by atoms with Crippen molar-refractivity contribution in [2.75, 3.05) is 13.2 Å². The lowest BCUT2D eigenvalue weighted by molar-refractivity contribution is -0.195. The molecule has 1 unspecified atom stereocenters. The minimum absolute atomic E-state index is 0.108. The molecule has 3 rings (SSSR count). The van der Waals surface area contributed by atoms with Crippen molar-refractivity contribution in [1.82, 2.24) is 5.32 Å². The molecule has 35 heavy (non-hydrogen) atoms. The van der Waals surface area contributed by atoms with Gasteiger partial charge in [0.25, 0.3) is 5.91 Å². The van der Waals surface area contributed by atoms with Gasteiger partial charge in [-0.05, 0) is 56.7 Å². The lowest BCUT2D eigenvalue weighted by Gasteiger charge is -2.33. The molecule has 1 atom stereocenters. The van der Waals surface area contributed by atoms with Crippen LogP contribution in [0.25, 0.3) is 11.8 Å². The van der Waals surface area contributed by atoms with E-state index in [0.29, 0.717) is 21.7 Å². The number of carbonyl (C=O) groups is 1. The van der Waals surface area contributed by atoms with Crippen molar-refractivity contribution in [2.45, 2.75) is 57.7 Å². The van der Waals surface area contributed by atoms with Crippen LogP contribution in [0, 0.1) is 0 Å². The maximum Gasteiger partial charge on any atom is 0.411 e. The molecule has 0 saturated heterocycles. The third-order valence-corrected chi connectivity index (χ3v) is 5.92. The van der Waals surface area contributed by atoms with Crippen LogP contribution in [-0.4, -0.2) is 59.2 Å². The first-order chi connectivity index (χ1) is 16.2. The molecule has 188 valence electrons. The Morgan fingerprint density at radius 2 is 2.03 bits per heavy atom. The van der Waals surface area contributed by atoms with Gasteiger partial charge in [0.15, 0.2) is 6.29 Å². The lowest BCUT2D eigenvalue weighted by Crippen LogP contribution is -2.52. The standard InChI is InChI=1S/C25H27F3N2O5/c1-15-19(29-12-11-24(15,4)35-14-25(26,27)28)13-34-20-17-8-6-5-7-16(17)9-10-18(20)21(31)30-23(2,3)22(32)33/h5,7,9-10,12,22,32-33H,11,13-14H2,1-4H3,(H,30,31). The Kier molecular flexibility index (Phi) is 7.45. The number of halogens is 3. The number of fused-ring (bicyclic) bond motifs is 1. The molecule has 0 radical (unpaired) electrons. The van der Waals surface area contributed by atoms with Crippen LogP contribution >= 0.6 is 0 Å². The van der Waals surface area contributed by atoms with Crippen LogP contribution < -0.4 is 20.5 Å². The number of rotatable bonds is 8. The van der Waals surface area contributed by atoms with E-state index in [2.05, 4.69) is 21.8 Å². The van der Waals surface area contributed by atoms with Crippen LogP contribution in [0.5, 0.6) is 5.75 Å². The average Bonchev–Trinajstić information content (AvgIpc) is 2.77. The van der Waals surface area contributed by atoms with Crippen LogP contribution in [0.1, 0.15) is 44.5 Å². The molecule has 1 amide bonds. The Morgan fingerprint density at radius 1 is 1.31 bits per heavy atom. The molecule has 1 aliphatic carbocycles. The largest absolute Gasteiger partial charge is 0.485 e. The quantitative estimate of drug-likeness (QED) is 0.380. The van der Waals surface area contributed by atoms with E-state index >= 15 is 0 Å². The number of nitrogens with zero attached hydrogens (tertiary/aromatic N) is 1. The van der Waals surface area contributed by atoms with Crippen LogP contribution in [0.3, 0.4) is 0 Å². The van der Waals surface area contributed by atoms with Gasteiger partial charge in [-0.15, -0.1) is 0 Å². The monoisotopic (exact) mass is 492 g/mol. The maximum atomic E-state index is 13.0. The molecule has 0 fully saturated rings. The summed E-state index contributed by atoms with van der Waals surface area (Å²) in [5, 5.41) is 22.8. The third kappa shape index (κ3) is 6.11. The van der Waals surface area contributed by atoms with Crippen LogP contribution in [0.4, 0.5) is 13.2 Å². The number of nitrogens with one attached hydrogen (secondary N) is 1. The predicted molar refractivity (Wildman–Crippen MR) is 123 cm³/mol. The van der Waals surface area contributed by atoms with E-state index in [-0.39, 0.29) is 24.3 Å². The summed E-state index contributed by atoms with van der Waals surface area (Å²) in [5.41, 5.74) is 4.13. The van der Waals surface area contributed by atoms with Gasteiger partial charge in [-0.2, -0.15) is 13.2 Å². The Hall–Kier alpha value is -3.13. The van der Waals surface area contributed by atoms with Gasteiger partial charge in [0.05, 0.1) is 27.6 Å². The van der Waals surface area contributed by atoms with Gasteiger partial charge < -0.3 is 25.0 Å². The molecule has 7 nitrogen and oxygen atoms in total. The normalized spacial score (nSPS) is 19.4. The zero-order valence-electron chi connectivity index (χ0n) is 19.8. The summed E-state index contributed by atoms with van der Waals surface area (Å²) in [6, 6.07) is 3.22. The van der Waals surface area contributed by atoms with E-state index in [1.54, 1.807) is 32.1 Å². The molecular weight excluding hydrogens is 465 g/mol. The van der Waals surface area contributed by atoms with Gasteiger partial charge in [-0.1, -0.05) is 17.5 Å². The number of alkyl halides is 3. The fraction of sp³-hybridized carbons (Fsp3) is 0.440. The molecule has 0 saturated carbocycles. The Balaban J connectivity index is 1.95. The van der Waals surface area contributed by atoms with Crippen molar-refractivity contribution in [3.63, 3.8) is 0 Å². The second-order valence-electron chi connectivity index (χ2n) is 9.07. The van der Waals surface area contributed by atoms with Gasteiger partial charge in [0.2, 0.25) is 0 Å². The zero-order valence-corrected chi connectivity index (χ0v) is 19.8. The highest BCUT2D eigenvalue weighted by Crippen LogP contribution is 2.33. The van der Waals surface area contributed by atoms with Gasteiger partial charge in [0.1, 0.15) is 19.0 Å². The number of aliphatic hydroxyl groups is 2. The third-order valence-electron chi connectivity index (χ3n) is 5.92. The second kappa shape index (κ2) is 9.85. The summed E-state index contributed by atoms with van der Waals surface area (Å²) in [7, 11) is 0. The van der Waals surface area contributed by atoms with Gasteiger partial charge in [-0.3, -0.25) is 9.79 Å². The summed E-state index contributed by atoms with van der Waals surface area (Å²) in [6.07, 6.45) is -1.23. The summed E-state index contributed by atoms with van der Waals surface area (Å²) in [4.78, 5) is 17.3. The summed E-state index contributed by atoms with van der Waals surface area (Å²) < 4.78 is 49.4. The van der Waals surface area contributed by atoms with Crippen molar-refractivity contribution in [1.29, 1.82) is 0 Å².